The second-order valence-electron chi connectivity index (χ2n) is 3.85. The van der Waals surface area contributed by atoms with Gasteiger partial charge in [-0.15, -0.1) is 0 Å². The molecule has 1 radical (unpaired) electrons. The Hall–Kier alpha value is -0.0400. The van der Waals surface area contributed by atoms with Crippen molar-refractivity contribution in [2.24, 2.45) is 0 Å². The molecule has 2 fully saturated rings. The van der Waals surface area contributed by atoms with Crippen LogP contribution in [0.1, 0.15) is 44.9 Å². The van der Waals surface area contributed by atoms with Gasteiger partial charge in [0.25, 0.3) is 0 Å². The van der Waals surface area contributed by atoms with Crippen LogP contribution in [0.25, 0.3) is 0 Å². The van der Waals surface area contributed by atoms with Crippen LogP contribution in [0.5, 0.6) is 0 Å². The second kappa shape index (κ2) is 3.57. The Morgan fingerprint density at radius 3 is 2.45 bits per heavy atom. The Morgan fingerprint density at radius 2 is 1.82 bits per heavy atom. The topological polar surface area (TPSA) is 3.24 Å². The molecule has 0 atom stereocenters. The summed E-state index contributed by atoms with van der Waals surface area (Å²) in [5.41, 5.74) is 0. The van der Waals surface area contributed by atoms with Gasteiger partial charge in [0.2, 0.25) is 0 Å². The molecular weight excluding hydrogens is 134 g/mol. The normalized spacial score (nSPS) is 29.5. The summed E-state index contributed by atoms with van der Waals surface area (Å²) in [5, 5.41) is 0. The van der Waals surface area contributed by atoms with E-state index in [0.717, 1.165) is 6.04 Å². The highest BCUT2D eigenvalue weighted by molar-refractivity contribution is 4.84. The summed E-state index contributed by atoms with van der Waals surface area (Å²) in [4.78, 5) is 2.61. The third-order valence-corrected chi connectivity index (χ3v) is 3.03. The molecule has 0 amide bonds. The molecule has 2 aliphatic rings. The van der Waals surface area contributed by atoms with Gasteiger partial charge in [0.1, 0.15) is 0 Å². The summed E-state index contributed by atoms with van der Waals surface area (Å²) in [5.74, 6) is 0. The van der Waals surface area contributed by atoms with E-state index >= 15 is 0 Å². The van der Waals surface area contributed by atoms with Gasteiger partial charge in [-0.3, -0.25) is 4.90 Å². The molecule has 0 bridgehead atoms. The number of piperidine rings is 1. The van der Waals surface area contributed by atoms with Gasteiger partial charge in [-0.25, -0.2) is 0 Å². The largest absolute Gasteiger partial charge is 0.296 e. The van der Waals surface area contributed by atoms with Crippen LogP contribution >= 0.6 is 0 Å². The summed E-state index contributed by atoms with van der Waals surface area (Å²) < 4.78 is 0. The SMILES string of the molecule is [CH]1CCCCN1C1CCCC1. The number of likely N-dealkylation sites (tertiary alicyclic amines) is 1. The minimum absolute atomic E-state index is 0.926. The molecule has 0 aromatic carbocycles. The minimum atomic E-state index is 0.926. The first-order chi connectivity index (χ1) is 5.47. The van der Waals surface area contributed by atoms with E-state index in [1.54, 1.807) is 0 Å². The Kier molecular flexibility index (Phi) is 2.47. The standard InChI is InChI=1S/C10H18N/c1-4-8-11(9-5-1)10-6-2-3-7-10/h8,10H,1-7,9H2. The maximum Gasteiger partial charge on any atom is 0.0254 e. The number of nitrogens with zero attached hydrogens (tertiary/aromatic N) is 1. The molecule has 0 aromatic rings. The number of rotatable bonds is 1. The zero-order chi connectivity index (χ0) is 7.52. The lowest BCUT2D eigenvalue weighted by Crippen LogP contribution is -2.34. The van der Waals surface area contributed by atoms with Crippen molar-refractivity contribution in [3.63, 3.8) is 0 Å². The van der Waals surface area contributed by atoms with E-state index in [1.807, 2.05) is 0 Å². The maximum absolute atomic E-state index is 2.61. The highest BCUT2D eigenvalue weighted by atomic mass is 15.2. The van der Waals surface area contributed by atoms with E-state index in [4.69, 9.17) is 0 Å². The Bertz CT molecular complexity index is 110. The van der Waals surface area contributed by atoms with Gasteiger partial charge in [0.15, 0.2) is 0 Å². The van der Waals surface area contributed by atoms with E-state index in [-0.39, 0.29) is 0 Å². The minimum Gasteiger partial charge on any atom is -0.296 e. The molecule has 0 unspecified atom stereocenters. The summed E-state index contributed by atoms with van der Waals surface area (Å²) in [7, 11) is 0. The molecule has 63 valence electrons. The summed E-state index contributed by atoms with van der Waals surface area (Å²) in [6.45, 7) is 3.78. The van der Waals surface area contributed by atoms with Crippen LogP contribution < -0.4 is 0 Å². The van der Waals surface area contributed by atoms with Gasteiger partial charge in [0, 0.05) is 12.6 Å². The van der Waals surface area contributed by atoms with E-state index in [2.05, 4.69) is 11.4 Å². The molecule has 2 rings (SSSR count). The fraction of sp³-hybridized carbons (Fsp3) is 0.900. The van der Waals surface area contributed by atoms with Crippen molar-refractivity contribution in [1.82, 2.24) is 4.90 Å². The molecule has 0 N–H and O–H groups in total. The molecule has 1 saturated carbocycles. The summed E-state index contributed by atoms with van der Waals surface area (Å²) in [6.07, 6.45) is 10.0. The van der Waals surface area contributed by atoms with Gasteiger partial charge in [-0.05, 0) is 32.2 Å². The van der Waals surface area contributed by atoms with Crippen LogP contribution in [0.2, 0.25) is 0 Å². The molecule has 1 aliphatic carbocycles. The van der Waals surface area contributed by atoms with Gasteiger partial charge in [-0.2, -0.15) is 0 Å². The van der Waals surface area contributed by atoms with E-state index in [1.165, 1.54) is 51.5 Å². The Labute approximate surface area is 69.8 Å². The predicted octanol–water partition coefficient (Wildman–Crippen LogP) is 2.58. The van der Waals surface area contributed by atoms with Gasteiger partial charge >= 0.3 is 0 Å². The van der Waals surface area contributed by atoms with Crippen LogP contribution in [0.3, 0.4) is 0 Å². The average Bonchev–Trinajstić information content (AvgIpc) is 2.58. The fourth-order valence-corrected chi connectivity index (χ4v) is 2.35. The van der Waals surface area contributed by atoms with Crippen LogP contribution in [0.15, 0.2) is 0 Å². The Morgan fingerprint density at radius 1 is 1.00 bits per heavy atom. The van der Waals surface area contributed by atoms with Crippen molar-refractivity contribution in [2.75, 3.05) is 6.54 Å². The van der Waals surface area contributed by atoms with Gasteiger partial charge in [-0.1, -0.05) is 19.3 Å². The van der Waals surface area contributed by atoms with Crippen molar-refractivity contribution in [3.8, 4) is 0 Å². The first-order valence-electron chi connectivity index (χ1n) is 5.06. The second-order valence-corrected chi connectivity index (χ2v) is 3.85. The molecule has 0 spiro atoms. The van der Waals surface area contributed by atoms with Crippen molar-refractivity contribution in [1.29, 1.82) is 0 Å². The van der Waals surface area contributed by atoms with E-state index in [9.17, 15) is 0 Å². The maximum atomic E-state index is 2.61. The third-order valence-electron chi connectivity index (χ3n) is 3.03. The van der Waals surface area contributed by atoms with Crippen LogP contribution in [0.4, 0.5) is 0 Å². The average molecular weight is 152 g/mol. The monoisotopic (exact) mass is 152 g/mol. The summed E-state index contributed by atoms with van der Waals surface area (Å²) in [6, 6.07) is 0.926. The lowest BCUT2D eigenvalue weighted by Gasteiger charge is -2.31. The van der Waals surface area contributed by atoms with Crippen molar-refractivity contribution in [2.45, 2.75) is 51.0 Å². The van der Waals surface area contributed by atoms with Crippen LogP contribution in [-0.4, -0.2) is 17.5 Å². The molecule has 1 heteroatoms. The van der Waals surface area contributed by atoms with E-state index < -0.39 is 0 Å². The zero-order valence-corrected chi connectivity index (χ0v) is 7.26. The first-order valence-corrected chi connectivity index (χ1v) is 5.06. The molecule has 1 aliphatic heterocycles. The van der Waals surface area contributed by atoms with Gasteiger partial charge < -0.3 is 0 Å². The fourth-order valence-electron chi connectivity index (χ4n) is 2.35. The molecule has 11 heavy (non-hydrogen) atoms. The van der Waals surface area contributed by atoms with Crippen LogP contribution in [-0.2, 0) is 0 Å². The predicted molar refractivity (Wildman–Crippen MR) is 47.1 cm³/mol. The lowest BCUT2D eigenvalue weighted by molar-refractivity contribution is 0.210. The third kappa shape index (κ3) is 1.76. The van der Waals surface area contributed by atoms with Crippen molar-refractivity contribution < 1.29 is 0 Å². The highest BCUT2D eigenvalue weighted by Gasteiger charge is 2.23. The molecular formula is C10H18N. The first kappa shape index (κ1) is 7.60. The number of hydrogen-bond acceptors (Lipinski definition) is 1. The van der Waals surface area contributed by atoms with E-state index in [0.29, 0.717) is 0 Å². The molecule has 1 heterocycles. The quantitative estimate of drug-likeness (QED) is 0.558. The van der Waals surface area contributed by atoms with Crippen molar-refractivity contribution >= 4 is 0 Å². The molecule has 0 aromatic heterocycles. The van der Waals surface area contributed by atoms with Gasteiger partial charge in [0.05, 0.1) is 0 Å². The highest BCUT2D eigenvalue weighted by Crippen LogP contribution is 2.27. The zero-order valence-electron chi connectivity index (χ0n) is 7.26. The molecule has 1 nitrogen and oxygen atoms in total. The molecule has 1 saturated heterocycles. The Balaban J connectivity index is 1.82. The smallest absolute Gasteiger partial charge is 0.0254 e. The lowest BCUT2D eigenvalue weighted by atomic mass is 10.1. The summed E-state index contributed by atoms with van der Waals surface area (Å²) >= 11 is 0. The van der Waals surface area contributed by atoms with Crippen LogP contribution in [0, 0.1) is 6.54 Å². The number of hydrogen-bond donors (Lipinski definition) is 0. The van der Waals surface area contributed by atoms with Crippen molar-refractivity contribution in [3.05, 3.63) is 6.54 Å².